The minimum atomic E-state index is -0.393. The summed E-state index contributed by atoms with van der Waals surface area (Å²) >= 11 is 0. The minimum Gasteiger partial charge on any atom is -0.370 e. The Morgan fingerprint density at radius 1 is 1.50 bits per heavy atom. The van der Waals surface area contributed by atoms with Crippen LogP contribution in [0.1, 0.15) is 0 Å². The van der Waals surface area contributed by atoms with E-state index in [0.29, 0.717) is 6.73 Å². The lowest BCUT2D eigenvalue weighted by Crippen LogP contribution is -2.27. The summed E-state index contributed by atoms with van der Waals surface area (Å²) in [6, 6.07) is 0. The highest BCUT2D eigenvalue weighted by molar-refractivity contribution is 6.55. The van der Waals surface area contributed by atoms with Gasteiger partial charge in [0.05, 0.1) is 6.73 Å². The van der Waals surface area contributed by atoms with Crippen molar-refractivity contribution in [3.05, 3.63) is 0 Å². The van der Waals surface area contributed by atoms with Crippen molar-refractivity contribution in [2.45, 2.75) is 13.1 Å². The van der Waals surface area contributed by atoms with E-state index in [1.54, 1.807) is 7.11 Å². The molecule has 0 aliphatic heterocycles. The summed E-state index contributed by atoms with van der Waals surface area (Å²) in [7, 11) is 1.31. The molecule has 0 aliphatic carbocycles. The molecule has 8 heavy (non-hydrogen) atoms. The Morgan fingerprint density at radius 3 is 2.50 bits per heavy atom. The summed E-state index contributed by atoms with van der Waals surface area (Å²) in [5.74, 6) is 0. The van der Waals surface area contributed by atoms with Crippen LogP contribution in [0.2, 0.25) is 13.1 Å². The SMILES string of the molecule is COCNC[SiH](C)C. The Labute approximate surface area is 52.8 Å². The van der Waals surface area contributed by atoms with Crippen LogP contribution in [0.25, 0.3) is 0 Å². The van der Waals surface area contributed by atoms with Crippen molar-refractivity contribution >= 4 is 8.80 Å². The van der Waals surface area contributed by atoms with Gasteiger partial charge in [0, 0.05) is 15.9 Å². The van der Waals surface area contributed by atoms with Crippen LogP contribution in [0.15, 0.2) is 0 Å². The van der Waals surface area contributed by atoms with E-state index in [-0.39, 0.29) is 0 Å². The molecule has 0 bridgehead atoms. The lowest BCUT2D eigenvalue weighted by Gasteiger charge is -2.03. The highest BCUT2D eigenvalue weighted by atomic mass is 28.3. The van der Waals surface area contributed by atoms with Crippen LogP contribution in [0.4, 0.5) is 0 Å². The summed E-state index contributed by atoms with van der Waals surface area (Å²) in [5.41, 5.74) is 0. The Kier molecular flexibility index (Phi) is 5.37. The Bertz CT molecular complexity index is 49.7. The minimum absolute atomic E-state index is 0.393. The number of hydrogen-bond acceptors (Lipinski definition) is 2. The van der Waals surface area contributed by atoms with Crippen molar-refractivity contribution in [3.8, 4) is 0 Å². The molecule has 0 spiro atoms. The van der Waals surface area contributed by atoms with Crippen LogP contribution < -0.4 is 5.32 Å². The van der Waals surface area contributed by atoms with E-state index < -0.39 is 8.80 Å². The predicted molar refractivity (Wildman–Crippen MR) is 38.8 cm³/mol. The molecule has 0 heterocycles. The maximum Gasteiger partial charge on any atom is 0.0958 e. The van der Waals surface area contributed by atoms with Crippen molar-refractivity contribution in [2.75, 3.05) is 20.0 Å². The summed E-state index contributed by atoms with van der Waals surface area (Å²) in [6.45, 7) is 5.32. The first-order chi connectivity index (χ1) is 3.77. The molecule has 0 aromatic rings. The van der Waals surface area contributed by atoms with Gasteiger partial charge < -0.3 is 4.74 Å². The van der Waals surface area contributed by atoms with E-state index in [2.05, 4.69) is 18.4 Å². The lowest BCUT2D eigenvalue weighted by molar-refractivity contribution is 0.180. The fraction of sp³-hybridized carbons (Fsp3) is 1.00. The van der Waals surface area contributed by atoms with Gasteiger partial charge in [-0.3, -0.25) is 5.32 Å². The van der Waals surface area contributed by atoms with Crippen LogP contribution >= 0.6 is 0 Å². The van der Waals surface area contributed by atoms with E-state index in [1.165, 1.54) is 6.17 Å². The molecular formula is C5H15NOSi. The van der Waals surface area contributed by atoms with Gasteiger partial charge in [-0.25, -0.2) is 0 Å². The van der Waals surface area contributed by atoms with Crippen LogP contribution in [-0.2, 0) is 4.74 Å². The zero-order valence-corrected chi connectivity index (χ0v) is 7.05. The molecule has 50 valence electrons. The first-order valence-electron chi connectivity index (χ1n) is 2.97. The van der Waals surface area contributed by atoms with Gasteiger partial charge in [0.25, 0.3) is 0 Å². The molecule has 0 unspecified atom stereocenters. The smallest absolute Gasteiger partial charge is 0.0958 e. The van der Waals surface area contributed by atoms with E-state index >= 15 is 0 Å². The van der Waals surface area contributed by atoms with Crippen molar-refractivity contribution in [2.24, 2.45) is 0 Å². The second-order valence-corrected chi connectivity index (χ2v) is 5.48. The quantitative estimate of drug-likeness (QED) is 0.336. The normalized spacial score (nSPS) is 10.5. The Morgan fingerprint density at radius 2 is 2.12 bits per heavy atom. The molecule has 0 fully saturated rings. The Balaban J connectivity index is 2.72. The molecule has 0 saturated carbocycles. The van der Waals surface area contributed by atoms with Gasteiger partial charge in [-0.1, -0.05) is 13.1 Å². The molecule has 0 atom stereocenters. The number of methoxy groups -OCH3 is 1. The topological polar surface area (TPSA) is 21.3 Å². The third kappa shape index (κ3) is 6.14. The fourth-order valence-electron chi connectivity index (χ4n) is 0.450. The molecule has 0 aliphatic rings. The zero-order valence-electron chi connectivity index (χ0n) is 5.90. The lowest BCUT2D eigenvalue weighted by atomic mass is 11.1. The first-order valence-corrected chi connectivity index (χ1v) is 6.09. The molecule has 0 amide bonds. The van der Waals surface area contributed by atoms with Crippen LogP contribution in [0.5, 0.6) is 0 Å². The second kappa shape index (κ2) is 5.28. The molecule has 1 N–H and O–H groups in total. The summed E-state index contributed by atoms with van der Waals surface area (Å²) in [6.07, 6.45) is 1.17. The highest BCUT2D eigenvalue weighted by Crippen LogP contribution is 1.73. The number of ether oxygens (including phenoxy) is 1. The fourth-order valence-corrected chi connectivity index (χ4v) is 1.14. The Hall–Kier alpha value is 0.137. The van der Waals surface area contributed by atoms with Gasteiger partial charge in [0.2, 0.25) is 0 Å². The maximum atomic E-state index is 4.80. The average Bonchev–Trinajstić information content (AvgIpc) is 1.66. The number of nitrogens with one attached hydrogen (secondary N) is 1. The van der Waals surface area contributed by atoms with Gasteiger partial charge in [-0.15, -0.1) is 0 Å². The van der Waals surface area contributed by atoms with Gasteiger partial charge in [0.1, 0.15) is 0 Å². The largest absolute Gasteiger partial charge is 0.370 e. The second-order valence-electron chi connectivity index (χ2n) is 2.28. The summed E-state index contributed by atoms with van der Waals surface area (Å²) < 4.78 is 4.80. The van der Waals surface area contributed by atoms with Crippen molar-refractivity contribution in [3.63, 3.8) is 0 Å². The van der Waals surface area contributed by atoms with Gasteiger partial charge >= 0.3 is 0 Å². The highest BCUT2D eigenvalue weighted by Gasteiger charge is 1.90. The van der Waals surface area contributed by atoms with Crippen LogP contribution in [0, 0.1) is 0 Å². The molecule has 0 aromatic heterocycles. The molecule has 0 radical (unpaired) electrons. The molecule has 3 heteroatoms. The maximum absolute atomic E-state index is 4.80. The number of hydrogen-bond donors (Lipinski definition) is 1. The molecule has 0 rings (SSSR count). The van der Waals surface area contributed by atoms with Gasteiger partial charge in [0.15, 0.2) is 0 Å². The van der Waals surface area contributed by atoms with Crippen molar-refractivity contribution < 1.29 is 4.74 Å². The molecule has 0 aromatic carbocycles. The van der Waals surface area contributed by atoms with Crippen LogP contribution in [0.3, 0.4) is 0 Å². The molecular weight excluding hydrogens is 118 g/mol. The van der Waals surface area contributed by atoms with Gasteiger partial charge in [-0.2, -0.15) is 0 Å². The number of rotatable bonds is 4. The predicted octanol–water partition coefficient (Wildman–Crippen LogP) is 0.206. The van der Waals surface area contributed by atoms with E-state index in [4.69, 9.17) is 4.74 Å². The molecule has 0 saturated heterocycles. The molecule has 2 nitrogen and oxygen atoms in total. The first kappa shape index (κ1) is 8.14. The van der Waals surface area contributed by atoms with Crippen LogP contribution in [-0.4, -0.2) is 28.8 Å². The monoisotopic (exact) mass is 133 g/mol. The third-order valence-electron chi connectivity index (χ3n) is 0.799. The van der Waals surface area contributed by atoms with E-state index in [9.17, 15) is 0 Å². The standard InChI is InChI=1S/C5H15NOSi/c1-7-4-6-5-8(2)3/h6,8H,4-5H2,1-3H3. The van der Waals surface area contributed by atoms with E-state index in [1.807, 2.05) is 0 Å². The summed E-state index contributed by atoms with van der Waals surface area (Å²) in [5, 5.41) is 3.17. The van der Waals surface area contributed by atoms with E-state index in [0.717, 1.165) is 0 Å². The average molecular weight is 133 g/mol. The summed E-state index contributed by atoms with van der Waals surface area (Å²) in [4.78, 5) is 0. The van der Waals surface area contributed by atoms with Crippen molar-refractivity contribution in [1.82, 2.24) is 5.32 Å². The third-order valence-corrected chi connectivity index (χ3v) is 1.90. The van der Waals surface area contributed by atoms with Gasteiger partial charge in [-0.05, 0) is 6.17 Å². The zero-order chi connectivity index (χ0) is 6.41. The van der Waals surface area contributed by atoms with Crippen molar-refractivity contribution in [1.29, 1.82) is 0 Å².